The molecule has 0 N–H and O–H groups in total. The van der Waals surface area contributed by atoms with Crippen molar-refractivity contribution in [1.82, 2.24) is 9.78 Å². The number of aromatic nitrogens is 2. The second-order valence-electron chi connectivity index (χ2n) is 4.62. The molecule has 1 aromatic rings. The summed E-state index contributed by atoms with van der Waals surface area (Å²) in [4.78, 5) is 0. The monoisotopic (exact) mass is 201 g/mol. The zero-order valence-electron chi connectivity index (χ0n) is 8.87. The molecule has 1 fully saturated rings. The molecule has 0 aromatic carbocycles. The lowest BCUT2D eigenvalue weighted by atomic mass is 10.2. The van der Waals surface area contributed by atoms with Gasteiger partial charge in [-0.05, 0) is 32.1 Å². The molecule has 3 heteroatoms. The van der Waals surface area contributed by atoms with E-state index in [4.69, 9.17) is 5.26 Å². The first-order chi connectivity index (χ1) is 7.40. The number of fused-ring (bicyclic) bond motifs is 1. The number of hydrogen-bond acceptors (Lipinski definition) is 2. The first-order valence-corrected chi connectivity index (χ1v) is 5.90. The molecule has 1 saturated carbocycles. The van der Waals surface area contributed by atoms with Crippen LogP contribution in [0.15, 0.2) is 0 Å². The smallest absolute Gasteiger partial charge is 0.165 e. The minimum Gasteiger partial charge on any atom is -0.265 e. The van der Waals surface area contributed by atoms with E-state index in [0.29, 0.717) is 11.7 Å². The van der Waals surface area contributed by atoms with Crippen molar-refractivity contribution in [1.29, 1.82) is 5.26 Å². The highest BCUT2D eigenvalue weighted by molar-refractivity contribution is 5.38. The van der Waals surface area contributed by atoms with Gasteiger partial charge in [0.15, 0.2) is 5.69 Å². The first kappa shape index (κ1) is 8.96. The third-order valence-corrected chi connectivity index (χ3v) is 3.74. The number of rotatable bonds is 1. The van der Waals surface area contributed by atoms with Crippen LogP contribution < -0.4 is 0 Å². The third-order valence-electron chi connectivity index (χ3n) is 3.74. The van der Waals surface area contributed by atoms with Crippen molar-refractivity contribution >= 4 is 0 Å². The Bertz CT molecular complexity index is 419. The van der Waals surface area contributed by atoms with Crippen LogP contribution >= 0.6 is 0 Å². The minimum absolute atomic E-state index is 0.582. The number of hydrogen-bond donors (Lipinski definition) is 0. The molecule has 0 unspecified atom stereocenters. The van der Waals surface area contributed by atoms with Crippen LogP contribution in [0.3, 0.4) is 0 Å². The van der Waals surface area contributed by atoms with E-state index in [-0.39, 0.29) is 0 Å². The molecule has 3 nitrogen and oxygen atoms in total. The van der Waals surface area contributed by atoms with Crippen molar-refractivity contribution in [3.05, 3.63) is 17.0 Å². The molecule has 1 aromatic heterocycles. The van der Waals surface area contributed by atoms with Crippen LogP contribution in [0.2, 0.25) is 0 Å². The summed E-state index contributed by atoms with van der Waals surface area (Å²) < 4.78 is 2.17. The largest absolute Gasteiger partial charge is 0.265 e. The van der Waals surface area contributed by atoms with Gasteiger partial charge in [-0.3, -0.25) is 4.68 Å². The average Bonchev–Trinajstić information content (AvgIpc) is 2.94. The molecule has 15 heavy (non-hydrogen) atoms. The summed E-state index contributed by atoms with van der Waals surface area (Å²) in [5.41, 5.74) is 3.29. The molecule has 0 amide bonds. The molecule has 0 saturated heterocycles. The van der Waals surface area contributed by atoms with E-state index in [1.807, 2.05) is 0 Å². The van der Waals surface area contributed by atoms with Gasteiger partial charge in [0.1, 0.15) is 6.07 Å². The molecule has 0 spiro atoms. The lowest BCUT2D eigenvalue weighted by Crippen LogP contribution is -2.09. The Morgan fingerprint density at radius 2 is 2.00 bits per heavy atom. The summed E-state index contributed by atoms with van der Waals surface area (Å²) in [6.07, 6.45) is 8.53. The van der Waals surface area contributed by atoms with Crippen molar-refractivity contribution in [2.75, 3.05) is 0 Å². The van der Waals surface area contributed by atoms with Crippen molar-refractivity contribution < 1.29 is 0 Å². The zero-order chi connectivity index (χ0) is 10.3. The molecule has 0 bridgehead atoms. The van der Waals surface area contributed by atoms with E-state index in [9.17, 15) is 0 Å². The van der Waals surface area contributed by atoms with Crippen LogP contribution in [0.1, 0.15) is 55.1 Å². The quantitative estimate of drug-likeness (QED) is 0.700. The van der Waals surface area contributed by atoms with E-state index >= 15 is 0 Å². The summed E-state index contributed by atoms with van der Waals surface area (Å²) in [7, 11) is 0. The second-order valence-corrected chi connectivity index (χ2v) is 4.62. The van der Waals surface area contributed by atoms with Gasteiger partial charge >= 0.3 is 0 Å². The van der Waals surface area contributed by atoms with Gasteiger partial charge in [0.25, 0.3) is 0 Å². The Kier molecular flexibility index (Phi) is 2.02. The molecule has 78 valence electrons. The maximum Gasteiger partial charge on any atom is 0.165 e. The van der Waals surface area contributed by atoms with Crippen molar-refractivity contribution in [2.45, 2.75) is 51.0 Å². The number of nitriles is 1. The Hall–Kier alpha value is -1.30. The molecule has 2 aliphatic carbocycles. The normalized spacial score (nSPS) is 20.5. The van der Waals surface area contributed by atoms with Crippen LogP contribution in [0.25, 0.3) is 0 Å². The fraction of sp³-hybridized carbons (Fsp3) is 0.667. The van der Waals surface area contributed by atoms with Crippen molar-refractivity contribution in [3.8, 4) is 6.07 Å². The molecule has 0 atom stereocenters. The van der Waals surface area contributed by atoms with Gasteiger partial charge in [-0.25, -0.2) is 0 Å². The van der Waals surface area contributed by atoms with Crippen molar-refractivity contribution in [3.63, 3.8) is 0 Å². The van der Waals surface area contributed by atoms with Crippen molar-refractivity contribution in [2.24, 2.45) is 0 Å². The lowest BCUT2D eigenvalue weighted by molar-refractivity contribution is 0.450. The van der Waals surface area contributed by atoms with Crippen LogP contribution in [0.4, 0.5) is 0 Å². The Balaban J connectivity index is 2.04. The van der Waals surface area contributed by atoms with Gasteiger partial charge in [0.05, 0.1) is 6.04 Å². The highest BCUT2D eigenvalue weighted by Crippen LogP contribution is 2.34. The Morgan fingerprint density at radius 3 is 2.73 bits per heavy atom. The minimum atomic E-state index is 0.582. The fourth-order valence-electron chi connectivity index (χ4n) is 3.00. The number of nitrogens with zero attached hydrogens (tertiary/aromatic N) is 3. The molecule has 0 radical (unpaired) electrons. The van der Waals surface area contributed by atoms with Gasteiger partial charge in [-0.2, -0.15) is 10.4 Å². The van der Waals surface area contributed by atoms with Crippen LogP contribution in [-0.4, -0.2) is 9.78 Å². The Labute approximate surface area is 89.7 Å². The summed E-state index contributed by atoms with van der Waals surface area (Å²) in [6, 6.07) is 2.82. The highest BCUT2D eigenvalue weighted by atomic mass is 15.3. The average molecular weight is 201 g/mol. The maximum absolute atomic E-state index is 9.03. The summed E-state index contributed by atoms with van der Waals surface area (Å²) in [5, 5.41) is 13.5. The van der Waals surface area contributed by atoms with Gasteiger partial charge in [0.2, 0.25) is 0 Å². The second kappa shape index (κ2) is 3.37. The van der Waals surface area contributed by atoms with E-state index < -0.39 is 0 Å². The molecular formula is C12H15N3. The first-order valence-electron chi connectivity index (χ1n) is 5.90. The van der Waals surface area contributed by atoms with E-state index in [0.717, 1.165) is 12.8 Å². The van der Waals surface area contributed by atoms with Gasteiger partial charge in [-0.1, -0.05) is 12.8 Å². The fourth-order valence-corrected chi connectivity index (χ4v) is 3.00. The predicted molar refractivity (Wildman–Crippen MR) is 56.5 cm³/mol. The highest BCUT2D eigenvalue weighted by Gasteiger charge is 2.27. The summed E-state index contributed by atoms with van der Waals surface area (Å²) in [5.74, 6) is 0. The van der Waals surface area contributed by atoms with Crippen LogP contribution in [0, 0.1) is 11.3 Å². The van der Waals surface area contributed by atoms with Gasteiger partial charge < -0.3 is 0 Å². The van der Waals surface area contributed by atoms with E-state index in [1.54, 1.807) is 0 Å². The van der Waals surface area contributed by atoms with E-state index in [1.165, 1.54) is 43.4 Å². The topological polar surface area (TPSA) is 41.6 Å². The maximum atomic E-state index is 9.03. The zero-order valence-corrected chi connectivity index (χ0v) is 8.87. The van der Waals surface area contributed by atoms with Crippen LogP contribution in [0.5, 0.6) is 0 Å². The molecular weight excluding hydrogens is 186 g/mol. The molecule has 3 rings (SSSR count). The lowest BCUT2D eigenvalue weighted by Gasteiger charge is -2.12. The van der Waals surface area contributed by atoms with Gasteiger partial charge in [0, 0.05) is 11.3 Å². The Morgan fingerprint density at radius 1 is 1.20 bits per heavy atom. The van der Waals surface area contributed by atoms with E-state index in [2.05, 4.69) is 15.8 Å². The van der Waals surface area contributed by atoms with Gasteiger partial charge in [-0.15, -0.1) is 0 Å². The summed E-state index contributed by atoms with van der Waals surface area (Å²) in [6.45, 7) is 0. The predicted octanol–water partition coefficient (Wildman–Crippen LogP) is 2.36. The summed E-state index contributed by atoms with van der Waals surface area (Å²) >= 11 is 0. The van der Waals surface area contributed by atoms with Crippen LogP contribution in [-0.2, 0) is 12.8 Å². The molecule has 2 aliphatic rings. The third kappa shape index (κ3) is 1.28. The SMILES string of the molecule is N#Cc1nn(C2CCCC2)c2c1CCC2. The standard InChI is InChI=1S/C12H15N3/c13-8-11-10-6-3-7-12(10)15(14-11)9-4-1-2-5-9/h9H,1-7H2. The molecule has 0 aliphatic heterocycles. The molecule has 1 heterocycles.